The molecule has 0 heterocycles. The van der Waals surface area contributed by atoms with Crippen molar-refractivity contribution in [3.8, 4) is 0 Å². The van der Waals surface area contributed by atoms with Gasteiger partial charge in [0.05, 0.1) is 17.7 Å². The van der Waals surface area contributed by atoms with Crippen LogP contribution in [-0.4, -0.2) is 23.7 Å². The van der Waals surface area contributed by atoms with Crippen LogP contribution in [0, 0.1) is 5.92 Å². The maximum absolute atomic E-state index is 12.1. The summed E-state index contributed by atoms with van der Waals surface area (Å²) in [7, 11) is 0. The Bertz CT molecular complexity index is 499. The lowest BCUT2D eigenvalue weighted by molar-refractivity contribution is 0.0420. The molecule has 21 heavy (non-hydrogen) atoms. The molecule has 0 saturated heterocycles. The number of carboxylic acid groups (broad SMARTS) is 1. The van der Waals surface area contributed by atoms with Gasteiger partial charge in [-0.2, -0.15) is 0 Å². The van der Waals surface area contributed by atoms with E-state index in [4.69, 9.17) is 4.74 Å². The Hall–Kier alpha value is -1.36. The maximum atomic E-state index is 12.1. The predicted octanol–water partition coefficient (Wildman–Crippen LogP) is 4.52. The Morgan fingerprint density at radius 1 is 1.33 bits per heavy atom. The first-order valence-corrected chi connectivity index (χ1v) is 7.99. The van der Waals surface area contributed by atoms with Crippen LogP contribution >= 0.6 is 15.9 Å². The number of esters is 1. The number of halogens is 1. The molecule has 0 radical (unpaired) electrons. The minimum absolute atomic E-state index is 0.0518. The van der Waals surface area contributed by atoms with E-state index < -0.39 is 11.9 Å². The average Bonchev–Trinajstić information content (AvgIpc) is 2.46. The SMILES string of the molecule is CCCCC(CC)COC(=O)c1cccc(Br)c1C(=O)O. The van der Waals surface area contributed by atoms with E-state index in [0.717, 1.165) is 25.7 Å². The lowest BCUT2D eigenvalue weighted by Gasteiger charge is -2.15. The van der Waals surface area contributed by atoms with Gasteiger partial charge in [0.2, 0.25) is 0 Å². The molecular formula is C16H21BrO4. The molecule has 1 unspecified atom stereocenters. The molecule has 0 aliphatic carbocycles. The first kappa shape index (κ1) is 17.7. The highest BCUT2D eigenvalue weighted by Crippen LogP contribution is 2.22. The van der Waals surface area contributed by atoms with E-state index in [1.807, 2.05) is 0 Å². The van der Waals surface area contributed by atoms with Gasteiger partial charge >= 0.3 is 11.9 Å². The van der Waals surface area contributed by atoms with Crippen molar-refractivity contribution >= 4 is 27.9 Å². The minimum Gasteiger partial charge on any atom is -0.478 e. The third-order valence-corrected chi connectivity index (χ3v) is 4.10. The molecule has 0 aliphatic heterocycles. The predicted molar refractivity (Wildman–Crippen MR) is 84.7 cm³/mol. The molecule has 0 saturated carbocycles. The molecule has 0 fully saturated rings. The summed E-state index contributed by atoms with van der Waals surface area (Å²) in [5.74, 6) is -1.40. The highest BCUT2D eigenvalue weighted by molar-refractivity contribution is 9.10. The zero-order valence-corrected chi connectivity index (χ0v) is 14.0. The first-order chi connectivity index (χ1) is 10.0. The quantitative estimate of drug-likeness (QED) is 0.695. The van der Waals surface area contributed by atoms with Crippen molar-refractivity contribution in [1.29, 1.82) is 0 Å². The number of carbonyl (C=O) groups excluding carboxylic acids is 1. The Morgan fingerprint density at radius 2 is 2.05 bits per heavy atom. The van der Waals surface area contributed by atoms with Gasteiger partial charge in [0, 0.05) is 4.47 Å². The molecule has 5 heteroatoms. The molecule has 0 aromatic heterocycles. The summed E-state index contributed by atoms with van der Waals surface area (Å²) >= 11 is 3.16. The van der Waals surface area contributed by atoms with Crippen LogP contribution in [-0.2, 0) is 4.74 Å². The molecule has 1 aromatic carbocycles. The number of hydrogen-bond acceptors (Lipinski definition) is 3. The van der Waals surface area contributed by atoms with Crippen LogP contribution in [0.3, 0.4) is 0 Å². The number of aromatic carboxylic acids is 1. The van der Waals surface area contributed by atoms with Crippen LogP contribution < -0.4 is 0 Å². The summed E-state index contributed by atoms with van der Waals surface area (Å²) in [6.07, 6.45) is 4.18. The molecule has 1 rings (SSSR count). The van der Waals surface area contributed by atoms with Gasteiger partial charge in [-0.25, -0.2) is 9.59 Å². The summed E-state index contributed by atoms with van der Waals surface area (Å²) in [5, 5.41) is 9.20. The van der Waals surface area contributed by atoms with E-state index in [2.05, 4.69) is 29.8 Å². The smallest absolute Gasteiger partial charge is 0.339 e. The summed E-state index contributed by atoms with van der Waals surface area (Å²) in [6.45, 7) is 4.52. The highest BCUT2D eigenvalue weighted by atomic mass is 79.9. The summed E-state index contributed by atoms with van der Waals surface area (Å²) < 4.78 is 5.68. The molecule has 0 spiro atoms. The molecule has 1 atom stereocenters. The van der Waals surface area contributed by atoms with E-state index >= 15 is 0 Å². The summed E-state index contributed by atoms with van der Waals surface area (Å²) in [6, 6.07) is 4.70. The van der Waals surface area contributed by atoms with E-state index in [1.165, 1.54) is 6.07 Å². The number of hydrogen-bond donors (Lipinski definition) is 1. The summed E-state index contributed by atoms with van der Waals surface area (Å²) in [5.41, 5.74) is 0.0336. The number of benzene rings is 1. The molecule has 4 nitrogen and oxygen atoms in total. The van der Waals surface area contributed by atoms with Gasteiger partial charge in [-0.15, -0.1) is 0 Å². The van der Waals surface area contributed by atoms with Crippen molar-refractivity contribution in [2.45, 2.75) is 39.5 Å². The monoisotopic (exact) mass is 356 g/mol. The molecule has 116 valence electrons. The van der Waals surface area contributed by atoms with Crippen molar-refractivity contribution < 1.29 is 19.4 Å². The van der Waals surface area contributed by atoms with Crippen LogP contribution in [0.1, 0.15) is 60.2 Å². The van der Waals surface area contributed by atoms with E-state index in [0.29, 0.717) is 17.0 Å². The van der Waals surface area contributed by atoms with Crippen LogP contribution in [0.5, 0.6) is 0 Å². The maximum Gasteiger partial charge on any atom is 0.339 e. The highest BCUT2D eigenvalue weighted by Gasteiger charge is 2.21. The number of ether oxygens (including phenoxy) is 1. The normalized spacial score (nSPS) is 12.0. The lowest BCUT2D eigenvalue weighted by atomic mass is 10.0. The number of carbonyl (C=O) groups is 2. The standard InChI is InChI=1S/C16H21BrO4/c1-3-5-7-11(4-2)10-21-16(20)12-8-6-9-13(17)14(12)15(18)19/h6,8-9,11H,3-5,7,10H2,1-2H3,(H,18,19). The second kappa shape index (κ2) is 8.82. The minimum atomic E-state index is -1.15. The number of unbranched alkanes of at least 4 members (excludes halogenated alkanes) is 1. The van der Waals surface area contributed by atoms with Gasteiger partial charge in [-0.05, 0) is 40.4 Å². The lowest BCUT2D eigenvalue weighted by Crippen LogP contribution is -2.17. The Morgan fingerprint density at radius 3 is 2.62 bits per heavy atom. The molecular weight excluding hydrogens is 336 g/mol. The average molecular weight is 357 g/mol. The molecule has 0 aliphatic rings. The van der Waals surface area contributed by atoms with Crippen LogP contribution in [0.2, 0.25) is 0 Å². The van der Waals surface area contributed by atoms with Crippen LogP contribution in [0.4, 0.5) is 0 Å². The fourth-order valence-corrected chi connectivity index (χ4v) is 2.62. The third kappa shape index (κ3) is 5.16. The van der Waals surface area contributed by atoms with Gasteiger partial charge in [0.25, 0.3) is 0 Å². The fraction of sp³-hybridized carbons (Fsp3) is 0.500. The molecule has 1 N–H and O–H groups in total. The van der Waals surface area contributed by atoms with Crippen molar-refractivity contribution in [2.75, 3.05) is 6.61 Å². The van der Waals surface area contributed by atoms with Gasteiger partial charge < -0.3 is 9.84 Å². The number of carboxylic acids is 1. The Labute approximate surface area is 133 Å². The second-order valence-electron chi connectivity index (χ2n) is 4.98. The van der Waals surface area contributed by atoms with Crippen LogP contribution in [0.25, 0.3) is 0 Å². The fourth-order valence-electron chi connectivity index (χ4n) is 2.08. The number of rotatable bonds is 8. The van der Waals surface area contributed by atoms with Gasteiger partial charge in [-0.1, -0.05) is 39.2 Å². The molecule has 1 aromatic rings. The summed E-state index contributed by atoms with van der Waals surface area (Å²) in [4.78, 5) is 23.4. The van der Waals surface area contributed by atoms with Gasteiger partial charge in [0.1, 0.15) is 0 Å². The zero-order chi connectivity index (χ0) is 15.8. The molecule has 0 amide bonds. The van der Waals surface area contributed by atoms with Crippen molar-refractivity contribution in [3.05, 3.63) is 33.8 Å². The largest absolute Gasteiger partial charge is 0.478 e. The second-order valence-corrected chi connectivity index (χ2v) is 5.84. The van der Waals surface area contributed by atoms with Gasteiger partial charge in [0.15, 0.2) is 0 Å². The van der Waals surface area contributed by atoms with E-state index in [-0.39, 0.29) is 11.1 Å². The van der Waals surface area contributed by atoms with Crippen LogP contribution in [0.15, 0.2) is 22.7 Å². The third-order valence-electron chi connectivity index (χ3n) is 3.44. The molecule has 0 bridgehead atoms. The topological polar surface area (TPSA) is 63.6 Å². The van der Waals surface area contributed by atoms with Crippen molar-refractivity contribution in [1.82, 2.24) is 0 Å². The Kier molecular flexibility index (Phi) is 7.43. The van der Waals surface area contributed by atoms with Crippen molar-refractivity contribution in [2.24, 2.45) is 5.92 Å². The van der Waals surface area contributed by atoms with Gasteiger partial charge in [-0.3, -0.25) is 0 Å². The van der Waals surface area contributed by atoms with E-state index in [1.54, 1.807) is 12.1 Å². The van der Waals surface area contributed by atoms with E-state index in [9.17, 15) is 14.7 Å². The van der Waals surface area contributed by atoms with Crippen molar-refractivity contribution in [3.63, 3.8) is 0 Å². The first-order valence-electron chi connectivity index (χ1n) is 7.20. The Balaban J connectivity index is 2.76. The zero-order valence-electron chi connectivity index (χ0n) is 12.4.